The van der Waals surface area contributed by atoms with E-state index in [0.717, 1.165) is 0 Å². The molecule has 2 rings (SSSR count). The first-order chi connectivity index (χ1) is 7.43. The molecule has 0 unspecified atom stereocenters. The summed E-state index contributed by atoms with van der Waals surface area (Å²) >= 11 is 0. The molecule has 2 heterocycles. The molecule has 0 aliphatic carbocycles. The lowest BCUT2D eigenvalue weighted by atomic mass is 10.5. The van der Waals surface area contributed by atoms with E-state index in [-0.39, 0.29) is 22.5 Å². The molecule has 0 atom stereocenters. The van der Waals surface area contributed by atoms with Crippen LogP contribution in [0.3, 0.4) is 0 Å². The second kappa shape index (κ2) is 3.16. The van der Waals surface area contributed by atoms with Gasteiger partial charge >= 0.3 is 5.97 Å². The van der Waals surface area contributed by atoms with E-state index in [0.29, 0.717) is 5.82 Å². The van der Waals surface area contributed by atoms with E-state index in [1.165, 1.54) is 16.2 Å². The lowest BCUT2D eigenvalue weighted by molar-refractivity contribution is 0.0680. The number of imidazole rings is 1. The Hall–Kier alpha value is -2.18. The van der Waals surface area contributed by atoms with Crippen LogP contribution in [0, 0.1) is 6.92 Å². The van der Waals surface area contributed by atoms with Crippen LogP contribution in [0.2, 0.25) is 0 Å². The second-order valence-electron chi connectivity index (χ2n) is 3.49. The molecule has 2 aromatic rings. The van der Waals surface area contributed by atoms with Crippen LogP contribution >= 0.6 is 0 Å². The zero-order valence-corrected chi connectivity index (χ0v) is 9.05. The normalized spacial score (nSPS) is 10.9. The minimum atomic E-state index is -1.18. The summed E-state index contributed by atoms with van der Waals surface area (Å²) in [6.07, 6.45) is 0. The van der Waals surface area contributed by atoms with E-state index in [9.17, 15) is 9.59 Å². The number of carboxylic acid groups (broad SMARTS) is 1. The van der Waals surface area contributed by atoms with Gasteiger partial charge in [-0.1, -0.05) is 0 Å². The van der Waals surface area contributed by atoms with Crippen LogP contribution in [0.15, 0.2) is 4.79 Å². The number of nitrogens with zero attached hydrogens (tertiary/aromatic N) is 4. The van der Waals surface area contributed by atoms with Gasteiger partial charge in [-0.25, -0.2) is 14.8 Å². The first-order valence-electron chi connectivity index (χ1n) is 4.57. The van der Waals surface area contributed by atoms with Crippen molar-refractivity contribution in [2.75, 3.05) is 0 Å². The standard InChI is InChI=1S/C9H10N4O3/c1-4-10-6-5(8(14)12(4)2)13(3)7(11-6)9(15)16/h1-3H3,(H,15,16). The summed E-state index contributed by atoms with van der Waals surface area (Å²) in [7, 11) is 3.06. The van der Waals surface area contributed by atoms with Crippen LogP contribution in [0.1, 0.15) is 16.4 Å². The summed E-state index contributed by atoms with van der Waals surface area (Å²) in [5.74, 6) is -0.877. The molecule has 0 aliphatic rings. The van der Waals surface area contributed by atoms with Crippen molar-refractivity contribution in [2.45, 2.75) is 6.92 Å². The van der Waals surface area contributed by atoms with Crippen LogP contribution in [0.5, 0.6) is 0 Å². The van der Waals surface area contributed by atoms with Gasteiger partial charge < -0.3 is 9.67 Å². The molecule has 0 saturated heterocycles. The fraction of sp³-hybridized carbons (Fsp3) is 0.333. The van der Waals surface area contributed by atoms with Gasteiger partial charge in [0.05, 0.1) is 0 Å². The minimum absolute atomic E-state index is 0.167. The Kier molecular flexibility index (Phi) is 2.04. The van der Waals surface area contributed by atoms with E-state index in [1.54, 1.807) is 14.0 Å². The van der Waals surface area contributed by atoms with Gasteiger partial charge in [-0.15, -0.1) is 0 Å². The highest BCUT2D eigenvalue weighted by Gasteiger charge is 2.18. The van der Waals surface area contributed by atoms with Crippen molar-refractivity contribution < 1.29 is 9.90 Å². The summed E-state index contributed by atoms with van der Waals surface area (Å²) in [6.45, 7) is 1.66. The van der Waals surface area contributed by atoms with Crippen molar-refractivity contribution >= 4 is 17.1 Å². The van der Waals surface area contributed by atoms with Gasteiger partial charge in [0.15, 0.2) is 11.2 Å². The number of hydrogen-bond acceptors (Lipinski definition) is 4. The third kappa shape index (κ3) is 1.21. The Balaban J connectivity index is 2.99. The minimum Gasteiger partial charge on any atom is -0.475 e. The average Bonchev–Trinajstić information content (AvgIpc) is 2.52. The Morgan fingerprint density at radius 3 is 2.44 bits per heavy atom. The summed E-state index contributed by atoms with van der Waals surface area (Å²) < 4.78 is 2.60. The number of aromatic carboxylic acids is 1. The highest BCUT2D eigenvalue weighted by molar-refractivity contribution is 5.88. The van der Waals surface area contributed by atoms with E-state index >= 15 is 0 Å². The Bertz CT molecular complexity index is 653. The molecule has 1 N–H and O–H groups in total. The quantitative estimate of drug-likeness (QED) is 0.713. The molecular weight excluding hydrogens is 212 g/mol. The summed E-state index contributed by atoms with van der Waals surface area (Å²) in [5.41, 5.74) is 0.0657. The number of fused-ring (bicyclic) bond motifs is 1. The molecule has 7 nitrogen and oxygen atoms in total. The van der Waals surface area contributed by atoms with Crippen molar-refractivity contribution in [3.05, 3.63) is 22.0 Å². The van der Waals surface area contributed by atoms with Crippen LogP contribution in [0.25, 0.3) is 11.2 Å². The van der Waals surface area contributed by atoms with Gasteiger partial charge in [0.1, 0.15) is 5.82 Å². The fourth-order valence-electron chi connectivity index (χ4n) is 1.53. The zero-order valence-electron chi connectivity index (χ0n) is 9.05. The van der Waals surface area contributed by atoms with E-state index in [1.807, 2.05) is 0 Å². The molecule has 0 saturated carbocycles. The number of rotatable bonds is 1. The highest BCUT2D eigenvalue weighted by atomic mass is 16.4. The number of aryl methyl sites for hydroxylation is 2. The zero-order chi connectivity index (χ0) is 12.0. The molecule has 0 bridgehead atoms. The number of carbonyl (C=O) groups is 1. The predicted octanol–water partition coefficient (Wildman–Crippen LogP) is -0.326. The molecule has 2 aromatic heterocycles. The molecule has 0 fully saturated rings. The lowest BCUT2D eigenvalue weighted by Gasteiger charge is -2.02. The molecule has 0 amide bonds. The van der Waals surface area contributed by atoms with Crippen molar-refractivity contribution in [3.8, 4) is 0 Å². The number of hydrogen-bond donors (Lipinski definition) is 1. The Morgan fingerprint density at radius 2 is 1.88 bits per heavy atom. The molecule has 0 radical (unpaired) electrons. The molecule has 0 aromatic carbocycles. The maximum atomic E-state index is 11.9. The van der Waals surface area contributed by atoms with Crippen molar-refractivity contribution in [3.63, 3.8) is 0 Å². The topological polar surface area (TPSA) is 90.0 Å². The highest BCUT2D eigenvalue weighted by Crippen LogP contribution is 2.08. The Labute approximate surface area is 90.0 Å². The second-order valence-corrected chi connectivity index (χ2v) is 3.49. The molecule has 84 valence electrons. The molecule has 16 heavy (non-hydrogen) atoms. The van der Waals surface area contributed by atoms with Gasteiger partial charge in [-0.2, -0.15) is 0 Å². The van der Waals surface area contributed by atoms with E-state index in [4.69, 9.17) is 5.11 Å². The number of aromatic nitrogens is 4. The van der Waals surface area contributed by atoms with Gasteiger partial charge in [0, 0.05) is 14.1 Å². The maximum absolute atomic E-state index is 11.9. The first kappa shape index (κ1) is 10.3. The maximum Gasteiger partial charge on any atom is 0.372 e. The average molecular weight is 222 g/mol. The number of carboxylic acids is 1. The SMILES string of the molecule is Cc1nc2nc(C(=O)O)n(C)c2c(=O)n1C. The van der Waals surface area contributed by atoms with Crippen LogP contribution in [-0.4, -0.2) is 30.2 Å². The molecule has 7 heteroatoms. The predicted molar refractivity (Wildman–Crippen MR) is 55.4 cm³/mol. The van der Waals surface area contributed by atoms with Crippen LogP contribution < -0.4 is 5.56 Å². The van der Waals surface area contributed by atoms with Crippen LogP contribution in [-0.2, 0) is 14.1 Å². The Morgan fingerprint density at radius 1 is 1.25 bits per heavy atom. The molecule has 0 aliphatic heterocycles. The van der Waals surface area contributed by atoms with Crippen molar-refractivity contribution in [1.82, 2.24) is 19.1 Å². The lowest BCUT2D eigenvalue weighted by Crippen LogP contribution is -2.22. The van der Waals surface area contributed by atoms with E-state index < -0.39 is 5.97 Å². The van der Waals surface area contributed by atoms with Crippen molar-refractivity contribution in [1.29, 1.82) is 0 Å². The van der Waals surface area contributed by atoms with Gasteiger partial charge in [-0.3, -0.25) is 9.36 Å². The van der Waals surface area contributed by atoms with E-state index in [2.05, 4.69) is 9.97 Å². The largest absolute Gasteiger partial charge is 0.475 e. The summed E-state index contributed by atoms with van der Waals surface area (Å²) in [5, 5.41) is 8.88. The smallest absolute Gasteiger partial charge is 0.372 e. The van der Waals surface area contributed by atoms with Gasteiger partial charge in [0.2, 0.25) is 5.82 Å². The third-order valence-corrected chi connectivity index (χ3v) is 2.53. The third-order valence-electron chi connectivity index (χ3n) is 2.53. The van der Waals surface area contributed by atoms with Gasteiger partial charge in [0.25, 0.3) is 5.56 Å². The molecule has 0 spiro atoms. The van der Waals surface area contributed by atoms with Crippen LogP contribution in [0.4, 0.5) is 0 Å². The fourth-order valence-corrected chi connectivity index (χ4v) is 1.53. The molecular formula is C9H10N4O3. The monoisotopic (exact) mass is 222 g/mol. The van der Waals surface area contributed by atoms with Crippen molar-refractivity contribution in [2.24, 2.45) is 14.1 Å². The summed E-state index contributed by atoms with van der Waals surface area (Å²) in [4.78, 5) is 30.6. The van der Waals surface area contributed by atoms with Gasteiger partial charge in [-0.05, 0) is 6.92 Å². The summed E-state index contributed by atoms with van der Waals surface area (Å²) in [6, 6.07) is 0. The first-order valence-corrected chi connectivity index (χ1v) is 4.57.